The molecule has 0 bridgehead atoms. The van der Waals surface area contributed by atoms with Gasteiger partial charge in [0.15, 0.2) is 0 Å². The second kappa shape index (κ2) is 7.44. The second-order valence-electron chi connectivity index (χ2n) is 5.92. The molecule has 1 aromatic carbocycles. The summed E-state index contributed by atoms with van der Waals surface area (Å²) in [4.78, 5) is 0. The van der Waals surface area contributed by atoms with Crippen LogP contribution in [0.3, 0.4) is 0 Å². The van der Waals surface area contributed by atoms with Crippen LogP contribution in [0, 0.1) is 11.3 Å². The van der Waals surface area contributed by atoms with Gasteiger partial charge >= 0.3 is 0 Å². The van der Waals surface area contributed by atoms with Crippen LogP contribution in [-0.2, 0) is 11.3 Å². The van der Waals surface area contributed by atoms with Crippen molar-refractivity contribution in [2.75, 3.05) is 13.7 Å². The van der Waals surface area contributed by atoms with Gasteiger partial charge in [-0.05, 0) is 30.5 Å². The van der Waals surface area contributed by atoms with Crippen LogP contribution in [0.2, 0.25) is 0 Å². The van der Waals surface area contributed by atoms with E-state index in [9.17, 15) is 0 Å². The standard InChI is InChI=1S/C17H24N2O2/c1-20-16-7-6-14(10-15(16)11-18)12-21-13-17(19)8-4-2-3-5-9-17/h6-7,10H,2-5,8-9,12-13,19H2,1H3. The first kappa shape index (κ1) is 15.8. The maximum atomic E-state index is 9.08. The molecule has 1 fully saturated rings. The molecule has 0 aliphatic heterocycles. The lowest BCUT2D eigenvalue weighted by Gasteiger charge is -2.27. The molecule has 0 unspecified atom stereocenters. The van der Waals surface area contributed by atoms with Crippen LogP contribution in [0.15, 0.2) is 18.2 Å². The van der Waals surface area contributed by atoms with E-state index in [4.69, 9.17) is 20.5 Å². The van der Waals surface area contributed by atoms with Crippen LogP contribution < -0.4 is 10.5 Å². The molecule has 114 valence electrons. The predicted molar refractivity (Wildman–Crippen MR) is 82.0 cm³/mol. The Morgan fingerprint density at radius 2 is 1.95 bits per heavy atom. The van der Waals surface area contributed by atoms with Crippen molar-refractivity contribution in [1.29, 1.82) is 5.26 Å². The molecule has 1 saturated carbocycles. The minimum absolute atomic E-state index is 0.180. The Balaban J connectivity index is 1.89. The zero-order valence-corrected chi connectivity index (χ0v) is 12.7. The van der Waals surface area contributed by atoms with Gasteiger partial charge in [0.1, 0.15) is 11.8 Å². The number of nitrogens with two attached hydrogens (primary N) is 1. The number of benzene rings is 1. The molecule has 0 saturated heterocycles. The second-order valence-corrected chi connectivity index (χ2v) is 5.92. The Kier molecular flexibility index (Phi) is 5.60. The summed E-state index contributed by atoms with van der Waals surface area (Å²) in [5.41, 5.74) is 7.76. The molecule has 4 nitrogen and oxygen atoms in total. The summed E-state index contributed by atoms with van der Waals surface area (Å²) < 4.78 is 11.0. The smallest absolute Gasteiger partial charge is 0.136 e. The molecule has 0 atom stereocenters. The first-order valence-corrected chi connectivity index (χ1v) is 7.60. The molecule has 1 aliphatic carbocycles. The van der Waals surface area contributed by atoms with Gasteiger partial charge in [-0.3, -0.25) is 0 Å². The highest BCUT2D eigenvalue weighted by molar-refractivity contribution is 5.45. The van der Waals surface area contributed by atoms with Crippen molar-refractivity contribution in [2.24, 2.45) is 5.73 Å². The van der Waals surface area contributed by atoms with E-state index in [-0.39, 0.29) is 5.54 Å². The first-order chi connectivity index (χ1) is 10.2. The topological polar surface area (TPSA) is 68.3 Å². The third-order valence-corrected chi connectivity index (χ3v) is 4.14. The largest absolute Gasteiger partial charge is 0.495 e. The zero-order chi connectivity index (χ0) is 15.1. The minimum Gasteiger partial charge on any atom is -0.495 e. The van der Waals surface area contributed by atoms with E-state index in [2.05, 4.69) is 6.07 Å². The highest BCUT2D eigenvalue weighted by atomic mass is 16.5. The lowest BCUT2D eigenvalue weighted by atomic mass is 9.92. The van der Waals surface area contributed by atoms with Crippen molar-refractivity contribution in [2.45, 2.75) is 50.7 Å². The minimum atomic E-state index is -0.180. The van der Waals surface area contributed by atoms with Crippen LogP contribution in [0.5, 0.6) is 5.75 Å². The van der Waals surface area contributed by atoms with Crippen LogP contribution >= 0.6 is 0 Å². The number of nitriles is 1. The van der Waals surface area contributed by atoms with Crippen LogP contribution in [0.1, 0.15) is 49.7 Å². The molecule has 2 N–H and O–H groups in total. The molecule has 1 aliphatic rings. The summed E-state index contributed by atoms with van der Waals surface area (Å²) in [6.45, 7) is 1.07. The number of ether oxygens (including phenoxy) is 2. The Hall–Kier alpha value is -1.57. The van der Waals surface area contributed by atoms with Crippen molar-refractivity contribution in [3.63, 3.8) is 0 Å². The number of hydrogen-bond acceptors (Lipinski definition) is 4. The van der Waals surface area contributed by atoms with Gasteiger partial charge in [-0.2, -0.15) is 5.26 Å². The average Bonchev–Trinajstić information content (AvgIpc) is 2.72. The van der Waals surface area contributed by atoms with Crippen molar-refractivity contribution >= 4 is 0 Å². The first-order valence-electron chi connectivity index (χ1n) is 7.60. The average molecular weight is 288 g/mol. The van der Waals surface area contributed by atoms with Gasteiger partial charge < -0.3 is 15.2 Å². The quantitative estimate of drug-likeness (QED) is 0.845. The van der Waals surface area contributed by atoms with Gasteiger partial charge in [0.25, 0.3) is 0 Å². The van der Waals surface area contributed by atoms with E-state index in [0.717, 1.165) is 18.4 Å². The van der Waals surface area contributed by atoms with Crippen LogP contribution in [-0.4, -0.2) is 19.3 Å². The molecule has 0 radical (unpaired) electrons. The van der Waals surface area contributed by atoms with Gasteiger partial charge in [0.05, 0.1) is 25.9 Å². The predicted octanol–water partition coefficient (Wildman–Crippen LogP) is 3.14. The molecular formula is C17H24N2O2. The van der Waals surface area contributed by atoms with E-state index in [0.29, 0.717) is 24.5 Å². The molecule has 0 heterocycles. The molecule has 2 rings (SSSR count). The SMILES string of the molecule is COc1ccc(COCC2(N)CCCCCC2)cc1C#N. The van der Waals surface area contributed by atoms with E-state index < -0.39 is 0 Å². The number of rotatable bonds is 5. The van der Waals surface area contributed by atoms with Crippen LogP contribution in [0.4, 0.5) is 0 Å². The normalized spacial score (nSPS) is 17.8. The summed E-state index contributed by atoms with van der Waals surface area (Å²) in [5, 5.41) is 9.08. The molecule has 1 aromatic rings. The van der Waals surface area contributed by atoms with Gasteiger partial charge in [0, 0.05) is 5.54 Å². The third kappa shape index (κ3) is 4.45. The number of methoxy groups -OCH3 is 1. The van der Waals surface area contributed by atoms with E-state index in [1.165, 1.54) is 25.7 Å². The van der Waals surface area contributed by atoms with Gasteiger partial charge in [0.2, 0.25) is 0 Å². The van der Waals surface area contributed by atoms with Gasteiger partial charge in [-0.15, -0.1) is 0 Å². The molecular weight excluding hydrogens is 264 g/mol. The molecule has 0 spiro atoms. The number of hydrogen-bond donors (Lipinski definition) is 1. The highest BCUT2D eigenvalue weighted by Gasteiger charge is 2.26. The summed E-state index contributed by atoms with van der Waals surface area (Å²) in [6, 6.07) is 7.68. The zero-order valence-electron chi connectivity index (χ0n) is 12.7. The molecule has 0 amide bonds. The summed E-state index contributed by atoms with van der Waals surface area (Å²) in [5.74, 6) is 0.598. The monoisotopic (exact) mass is 288 g/mol. The van der Waals surface area contributed by atoms with Crippen molar-refractivity contribution in [3.8, 4) is 11.8 Å². The van der Waals surface area contributed by atoms with Crippen LogP contribution in [0.25, 0.3) is 0 Å². The van der Waals surface area contributed by atoms with E-state index >= 15 is 0 Å². The lowest BCUT2D eigenvalue weighted by molar-refractivity contribution is 0.0667. The van der Waals surface area contributed by atoms with Crippen molar-refractivity contribution in [1.82, 2.24) is 0 Å². The summed E-state index contributed by atoms with van der Waals surface area (Å²) >= 11 is 0. The van der Waals surface area contributed by atoms with Crippen molar-refractivity contribution < 1.29 is 9.47 Å². The Morgan fingerprint density at radius 3 is 2.57 bits per heavy atom. The van der Waals surface area contributed by atoms with E-state index in [1.54, 1.807) is 13.2 Å². The van der Waals surface area contributed by atoms with Crippen molar-refractivity contribution in [3.05, 3.63) is 29.3 Å². The maximum Gasteiger partial charge on any atom is 0.136 e. The van der Waals surface area contributed by atoms with E-state index in [1.807, 2.05) is 12.1 Å². The number of nitrogens with zero attached hydrogens (tertiary/aromatic N) is 1. The Bertz CT molecular complexity index is 500. The van der Waals surface area contributed by atoms with Gasteiger partial charge in [-0.1, -0.05) is 31.7 Å². The Morgan fingerprint density at radius 1 is 1.24 bits per heavy atom. The summed E-state index contributed by atoms with van der Waals surface area (Å²) in [6.07, 6.45) is 7.03. The molecule has 21 heavy (non-hydrogen) atoms. The molecule has 0 aromatic heterocycles. The maximum absolute atomic E-state index is 9.08. The Labute approximate surface area is 126 Å². The fraction of sp³-hybridized carbons (Fsp3) is 0.588. The van der Waals surface area contributed by atoms with Gasteiger partial charge in [-0.25, -0.2) is 0 Å². The third-order valence-electron chi connectivity index (χ3n) is 4.14. The summed E-state index contributed by atoms with van der Waals surface area (Å²) in [7, 11) is 1.57. The highest BCUT2D eigenvalue weighted by Crippen LogP contribution is 2.26. The fourth-order valence-electron chi connectivity index (χ4n) is 2.88. The lowest BCUT2D eigenvalue weighted by Crippen LogP contribution is -2.43. The fourth-order valence-corrected chi connectivity index (χ4v) is 2.88. The molecule has 4 heteroatoms.